The Morgan fingerprint density at radius 3 is 2.30 bits per heavy atom. The zero-order valence-electron chi connectivity index (χ0n) is 14.1. The number of hydrogen-bond donors (Lipinski definition) is 2. The van der Waals surface area contributed by atoms with Gasteiger partial charge in [0.15, 0.2) is 6.61 Å². The molecule has 1 saturated carbocycles. The number of ether oxygens (including phenoxy) is 1. The van der Waals surface area contributed by atoms with Gasteiger partial charge in [0.25, 0.3) is 11.8 Å². The first-order chi connectivity index (χ1) is 10.8. The summed E-state index contributed by atoms with van der Waals surface area (Å²) in [7, 11) is 0. The summed E-state index contributed by atoms with van der Waals surface area (Å²) >= 11 is 0. The molecule has 1 aliphatic rings. The second-order valence-electron chi connectivity index (χ2n) is 7.07. The highest BCUT2D eigenvalue weighted by molar-refractivity contribution is 5.94. The van der Waals surface area contributed by atoms with Crippen molar-refractivity contribution in [3.63, 3.8) is 0 Å². The van der Waals surface area contributed by atoms with Crippen LogP contribution in [0.2, 0.25) is 0 Å². The van der Waals surface area contributed by atoms with Gasteiger partial charge in [0.2, 0.25) is 0 Å². The maximum absolute atomic E-state index is 12.1. The van der Waals surface area contributed by atoms with Crippen LogP contribution in [0, 0.1) is 0 Å². The Morgan fingerprint density at radius 1 is 1.13 bits per heavy atom. The van der Waals surface area contributed by atoms with Crippen molar-refractivity contribution in [2.45, 2.75) is 58.0 Å². The molecule has 1 fully saturated rings. The van der Waals surface area contributed by atoms with E-state index < -0.39 is 0 Å². The predicted octanol–water partition coefficient (Wildman–Crippen LogP) is 2.65. The summed E-state index contributed by atoms with van der Waals surface area (Å²) in [6.45, 7) is 5.72. The largest absolute Gasteiger partial charge is 0.484 e. The van der Waals surface area contributed by atoms with E-state index in [0.717, 1.165) is 12.8 Å². The molecule has 0 unspecified atom stereocenters. The Balaban J connectivity index is 1.82. The lowest BCUT2D eigenvalue weighted by Crippen LogP contribution is -2.43. The van der Waals surface area contributed by atoms with E-state index in [-0.39, 0.29) is 24.0 Å². The average Bonchev–Trinajstić information content (AvgIpc) is 2.97. The van der Waals surface area contributed by atoms with Gasteiger partial charge in [-0.3, -0.25) is 9.59 Å². The molecule has 126 valence electrons. The SMILES string of the molecule is CC(C)(C)NC(=O)COc1ccc(C(=O)NC2CCCC2)cc1. The molecule has 1 aromatic carbocycles. The van der Waals surface area contributed by atoms with Crippen LogP contribution in [0.1, 0.15) is 56.8 Å². The summed E-state index contributed by atoms with van der Waals surface area (Å²) in [4.78, 5) is 23.8. The lowest BCUT2D eigenvalue weighted by Gasteiger charge is -2.20. The molecule has 1 aromatic rings. The summed E-state index contributed by atoms with van der Waals surface area (Å²) in [5.41, 5.74) is 0.339. The fraction of sp³-hybridized carbons (Fsp3) is 0.556. The van der Waals surface area contributed by atoms with E-state index >= 15 is 0 Å². The van der Waals surface area contributed by atoms with Crippen molar-refractivity contribution in [1.29, 1.82) is 0 Å². The van der Waals surface area contributed by atoms with Crippen LogP contribution in [0.15, 0.2) is 24.3 Å². The van der Waals surface area contributed by atoms with Gasteiger partial charge in [-0.1, -0.05) is 12.8 Å². The highest BCUT2D eigenvalue weighted by atomic mass is 16.5. The number of amides is 2. The summed E-state index contributed by atoms with van der Waals surface area (Å²) in [6, 6.07) is 7.18. The summed E-state index contributed by atoms with van der Waals surface area (Å²) in [6.07, 6.45) is 4.51. The van der Waals surface area contributed by atoms with E-state index in [1.165, 1.54) is 12.8 Å². The van der Waals surface area contributed by atoms with Gasteiger partial charge in [-0.2, -0.15) is 0 Å². The van der Waals surface area contributed by atoms with Gasteiger partial charge in [-0.15, -0.1) is 0 Å². The Bertz CT molecular complexity index is 540. The molecule has 23 heavy (non-hydrogen) atoms. The molecule has 0 radical (unpaired) electrons. The molecule has 2 rings (SSSR count). The van der Waals surface area contributed by atoms with Gasteiger partial charge < -0.3 is 15.4 Å². The van der Waals surface area contributed by atoms with E-state index in [9.17, 15) is 9.59 Å². The summed E-state index contributed by atoms with van der Waals surface area (Å²) < 4.78 is 5.44. The molecule has 0 atom stereocenters. The number of rotatable bonds is 5. The Hall–Kier alpha value is -2.04. The third kappa shape index (κ3) is 5.93. The van der Waals surface area contributed by atoms with Crippen LogP contribution in [0.3, 0.4) is 0 Å². The van der Waals surface area contributed by atoms with Crippen LogP contribution in [0.5, 0.6) is 5.75 Å². The quantitative estimate of drug-likeness (QED) is 0.877. The van der Waals surface area contributed by atoms with Crippen LogP contribution in [-0.2, 0) is 4.79 Å². The molecule has 5 nitrogen and oxygen atoms in total. The van der Waals surface area contributed by atoms with Gasteiger partial charge >= 0.3 is 0 Å². The molecule has 0 aromatic heterocycles. The molecule has 1 aliphatic carbocycles. The molecular formula is C18H26N2O3. The highest BCUT2D eigenvalue weighted by Crippen LogP contribution is 2.18. The van der Waals surface area contributed by atoms with Gasteiger partial charge in [0.1, 0.15) is 5.75 Å². The third-order valence-corrected chi connectivity index (χ3v) is 3.69. The molecule has 0 spiro atoms. The average molecular weight is 318 g/mol. The topological polar surface area (TPSA) is 67.4 Å². The fourth-order valence-corrected chi connectivity index (χ4v) is 2.64. The normalized spacial score (nSPS) is 15.3. The number of carbonyl (C=O) groups is 2. The molecule has 0 saturated heterocycles. The van der Waals surface area contributed by atoms with Crippen molar-refractivity contribution in [2.24, 2.45) is 0 Å². The van der Waals surface area contributed by atoms with Crippen LogP contribution in [-0.4, -0.2) is 30.0 Å². The molecule has 0 heterocycles. The summed E-state index contributed by atoms with van der Waals surface area (Å²) in [5.74, 6) is 0.362. The Kier molecular flexibility index (Phi) is 5.64. The van der Waals surface area contributed by atoms with Crippen LogP contribution in [0.25, 0.3) is 0 Å². The smallest absolute Gasteiger partial charge is 0.258 e. The maximum Gasteiger partial charge on any atom is 0.258 e. The standard InChI is InChI=1S/C18H26N2O3/c1-18(2,3)20-16(21)12-23-15-10-8-13(9-11-15)17(22)19-14-6-4-5-7-14/h8-11,14H,4-7,12H2,1-3H3,(H,19,22)(H,20,21). The Morgan fingerprint density at radius 2 is 1.74 bits per heavy atom. The van der Waals surface area contributed by atoms with Crippen molar-refractivity contribution < 1.29 is 14.3 Å². The Labute approximate surface area is 137 Å². The maximum atomic E-state index is 12.1. The van der Waals surface area contributed by atoms with Crippen molar-refractivity contribution in [3.05, 3.63) is 29.8 Å². The third-order valence-electron chi connectivity index (χ3n) is 3.69. The van der Waals surface area contributed by atoms with E-state index in [4.69, 9.17) is 4.74 Å². The monoisotopic (exact) mass is 318 g/mol. The van der Waals surface area contributed by atoms with Crippen molar-refractivity contribution in [1.82, 2.24) is 10.6 Å². The molecule has 0 bridgehead atoms. The van der Waals surface area contributed by atoms with Crippen molar-refractivity contribution in [2.75, 3.05) is 6.61 Å². The van der Waals surface area contributed by atoms with E-state index in [1.807, 2.05) is 20.8 Å². The first-order valence-electron chi connectivity index (χ1n) is 8.18. The van der Waals surface area contributed by atoms with E-state index in [0.29, 0.717) is 17.4 Å². The molecule has 5 heteroatoms. The van der Waals surface area contributed by atoms with Gasteiger partial charge in [0.05, 0.1) is 0 Å². The molecule has 2 amide bonds. The van der Waals surface area contributed by atoms with E-state index in [1.54, 1.807) is 24.3 Å². The number of carbonyl (C=O) groups excluding carboxylic acids is 2. The second kappa shape index (κ2) is 7.49. The highest BCUT2D eigenvalue weighted by Gasteiger charge is 2.18. The molecule has 0 aliphatic heterocycles. The number of hydrogen-bond acceptors (Lipinski definition) is 3. The summed E-state index contributed by atoms with van der Waals surface area (Å²) in [5, 5.41) is 5.88. The first-order valence-corrected chi connectivity index (χ1v) is 8.18. The van der Waals surface area contributed by atoms with Gasteiger partial charge in [0, 0.05) is 17.1 Å². The van der Waals surface area contributed by atoms with Crippen molar-refractivity contribution in [3.8, 4) is 5.75 Å². The minimum atomic E-state index is -0.275. The zero-order valence-corrected chi connectivity index (χ0v) is 14.1. The minimum absolute atomic E-state index is 0.0368. The second-order valence-corrected chi connectivity index (χ2v) is 7.07. The molecule has 2 N–H and O–H groups in total. The predicted molar refractivity (Wildman–Crippen MR) is 89.6 cm³/mol. The van der Waals surface area contributed by atoms with Crippen LogP contribution < -0.4 is 15.4 Å². The van der Waals surface area contributed by atoms with E-state index in [2.05, 4.69) is 10.6 Å². The zero-order chi connectivity index (χ0) is 16.9. The number of nitrogens with one attached hydrogen (secondary N) is 2. The van der Waals surface area contributed by atoms with Crippen LogP contribution in [0.4, 0.5) is 0 Å². The minimum Gasteiger partial charge on any atom is -0.484 e. The first kappa shape index (κ1) is 17.3. The lowest BCUT2D eigenvalue weighted by atomic mass is 10.1. The van der Waals surface area contributed by atoms with Crippen LogP contribution >= 0.6 is 0 Å². The lowest BCUT2D eigenvalue weighted by molar-refractivity contribution is -0.124. The fourth-order valence-electron chi connectivity index (χ4n) is 2.64. The number of benzene rings is 1. The van der Waals surface area contributed by atoms with Gasteiger partial charge in [-0.25, -0.2) is 0 Å². The van der Waals surface area contributed by atoms with Gasteiger partial charge in [-0.05, 0) is 57.9 Å². The molecular weight excluding hydrogens is 292 g/mol. The van der Waals surface area contributed by atoms with Crippen molar-refractivity contribution >= 4 is 11.8 Å².